The molecule has 1 rings (SSSR count). The normalized spacial score (nSPS) is 12.7. The van der Waals surface area contributed by atoms with E-state index in [1.54, 1.807) is 6.07 Å². The Bertz CT molecular complexity index is 415. The number of halogens is 5. The largest absolute Gasteiger partial charge is 0.573 e. The molecule has 1 atom stereocenters. The van der Waals surface area contributed by atoms with Crippen LogP contribution >= 0.6 is 28.3 Å². The lowest BCUT2D eigenvalue weighted by molar-refractivity contribution is -0.275. The van der Waals surface area contributed by atoms with Gasteiger partial charge in [0.1, 0.15) is 5.75 Å². The number of unbranched alkanes of at least 4 members (excludes halogenated alkanes) is 2. The van der Waals surface area contributed by atoms with Gasteiger partial charge in [0.05, 0.1) is 0 Å². The minimum atomic E-state index is -4.70. The van der Waals surface area contributed by atoms with E-state index in [9.17, 15) is 13.2 Å². The first-order chi connectivity index (χ1) is 8.83. The summed E-state index contributed by atoms with van der Waals surface area (Å²) < 4.78 is 41.6. The molecular formula is C13H18BrClF3NO. The van der Waals surface area contributed by atoms with Gasteiger partial charge in [-0.15, -0.1) is 25.6 Å². The quantitative estimate of drug-likeness (QED) is 0.679. The molecule has 0 amide bonds. The van der Waals surface area contributed by atoms with Crippen LogP contribution in [0.2, 0.25) is 0 Å². The molecule has 0 aromatic heterocycles. The van der Waals surface area contributed by atoms with Crippen molar-refractivity contribution < 1.29 is 17.9 Å². The SMILES string of the molecule is CCCCC[C@H](N)c1cc(Br)ccc1OC(F)(F)F.Cl. The van der Waals surface area contributed by atoms with Gasteiger partial charge in [-0.1, -0.05) is 42.1 Å². The van der Waals surface area contributed by atoms with Gasteiger partial charge in [0, 0.05) is 16.1 Å². The highest BCUT2D eigenvalue weighted by Gasteiger charge is 2.32. The Morgan fingerprint density at radius 2 is 1.95 bits per heavy atom. The molecule has 0 aliphatic rings. The second-order valence-electron chi connectivity index (χ2n) is 4.33. The maximum absolute atomic E-state index is 12.3. The summed E-state index contributed by atoms with van der Waals surface area (Å²) in [5.74, 6) is -0.223. The van der Waals surface area contributed by atoms with E-state index in [0.29, 0.717) is 16.5 Å². The lowest BCUT2D eigenvalue weighted by Gasteiger charge is -2.18. The van der Waals surface area contributed by atoms with E-state index in [-0.39, 0.29) is 18.2 Å². The van der Waals surface area contributed by atoms with Gasteiger partial charge in [-0.3, -0.25) is 0 Å². The van der Waals surface area contributed by atoms with Gasteiger partial charge in [-0.2, -0.15) is 0 Å². The predicted molar refractivity (Wildman–Crippen MR) is 79.1 cm³/mol. The van der Waals surface area contributed by atoms with E-state index in [1.165, 1.54) is 12.1 Å². The molecule has 0 fully saturated rings. The van der Waals surface area contributed by atoms with E-state index in [4.69, 9.17) is 5.73 Å². The van der Waals surface area contributed by atoms with Crippen LogP contribution in [-0.4, -0.2) is 6.36 Å². The highest BCUT2D eigenvalue weighted by atomic mass is 79.9. The summed E-state index contributed by atoms with van der Waals surface area (Å²) in [7, 11) is 0. The third kappa shape index (κ3) is 6.81. The summed E-state index contributed by atoms with van der Waals surface area (Å²) in [5, 5.41) is 0. The molecule has 0 aliphatic heterocycles. The molecule has 0 saturated carbocycles. The van der Waals surface area contributed by atoms with Crippen LogP contribution in [0.1, 0.15) is 44.2 Å². The van der Waals surface area contributed by atoms with Crippen LogP contribution in [-0.2, 0) is 0 Å². The molecule has 1 aromatic carbocycles. The molecule has 1 aromatic rings. The van der Waals surface area contributed by atoms with Crippen LogP contribution in [0.25, 0.3) is 0 Å². The standard InChI is InChI=1S/C13H17BrF3NO.ClH/c1-2-3-4-5-11(18)10-8-9(14)6-7-12(10)19-13(15,16)17;/h6-8,11H,2-5,18H2,1H3;1H/t11-;/m0./s1. The van der Waals surface area contributed by atoms with Crippen LogP contribution < -0.4 is 10.5 Å². The van der Waals surface area contributed by atoms with Crippen molar-refractivity contribution >= 4 is 28.3 Å². The Morgan fingerprint density at radius 1 is 1.30 bits per heavy atom. The molecule has 7 heteroatoms. The predicted octanol–water partition coefficient (Wildman–Crippen LogP) is 5.35. The van der Waals surface area contributed by atoms with Gasteiger partial charge in [-0.25, -0.2) is 0 Å². The zero-order valence-electron chi connectivity index (χ0n) is 11.0. The lowest BCUT2D eigenvalue weighted by atomic mass is 10.0. The highest BCUT2D eigenvalue weighted by molar-refractivity contribution is 9.10. The fraction of sp³-hybridized carbons (Fsp3) is 0.538. The third-order valence-corrected chi connectivity index (χ3v) is 3.21. The average Bonchev–Trinajstić information content (AvgIpc) is 2.30. The summed E-state index contributed by atoms with van der Waals surface area (Å²) >= 11 is 3.23. The van der Waals surface area contributed by atoms with Gasteiger partial charge in [0.25, 0.3) is 0 Å². The first kappa shape index (κ1) is 19.5. The van der Waals surface area contributed by atoms with Crippen molar-refractivity contribution in [1.29, 1.82) is 0 Å². The first-order valence-corrected chi connectivity index (χ1v) is 6.93. The Kier molecular flexibility index (Phi) is 8.54. The topological polar surface area (TPSA) is 35.2 Å². The minimum Gasteiger partial charge on any atom is -0.405 e. The Hall–Kier alpha value is -0.460. The Morgan fingerprint density at radius 3 is 2.50 bits per heavy atom. The van der Waals surface area contributed by atoms with Crippen molar-refractivity contribution in [2.45, 2.75) is 45.0 Å². The summed E-state index contributed by atoms with van der Waals surface area (Å²) in [4.78, 5) is 0. The maximum atomic E-state index is 12.3. The van der Waals surface area contributed by atoms with Crippen molar-refractivity contribution in [3.63, 3.8) is 0 Å². The van der Waals surface area contributed by atoms with Crippen LogP contribution in [0.3, 0.4) is 0 Å². The smallest absolute Gasteiger partial charge is 0.405 e. The monoisotopic (exact) mass is 375 g/mol. The van der Waals surface area contributed by atoms with Gasteiger partial charge >= 0.3 is 6.36 Å². The van der Waals surface area contributed by atoms with Crippen LogP contribution in [0.15, 0.2) is 22.7 Å². The minimum absolute atomic E-state index is 0. The molecule has 0 aliphatic carbocycles. The fourth-order valence-electron chi connectivity index (χ4n) is 1.80. The lowest BCUT2D eigenvalue weighted by Crippen LogP contribution is -2.20. The van der Waals surface area contributed by atoms with Crippen LogP contribution in [0, 0.1) is 0 Å². The van der Waals surface area contributed by atoms with Gasteiger partial charge in [0.15, 0.2) is 0 Å². The fourth-order valence-corrected chi connectivity index (χ4v) is 2.18. The molecule has 0 spiro atoms. The molecule has 20 heavy (non-hydrogen) atoms. The second-order valence-corrected chi connectivity index (χ2v) is 5.25. The number of hydrogen-bond donors (Lipinski definition) is 1. The van der Waals surface area contributed by atoms with Crippen molar-refractivity contribution in [2.75, 3.05) is 0 Å². The summed E-state index contributed by atoms with van der Waals surface area (Å²) in [5.41, 5.74) is 6.33. The molecule has 2 nitrogen and oxygen atoms in total. The summed E-state index contributed by atoms with van der Waals surface area (Å²) in [6, 6.07) is 3.91. The van der Waals surface area contributed by atoms with Crippen LogP contribution in [0.4, 0.5) is 13.2 Å². The second kappa shape index (κ2) is 8.74. The molecular weight excluding hydrogens is 358 g/mol. The van der Waals surface area contributed by atoms with E-state index in [0.717, 1.165) is 19.3 Å². The third-order valence-electron chi connectivity index (χ3n) is 2.72. The van der Waals surface area contributed by atoms with Crippen molar-refractivity contribution in [3.05, 3.63) is 28.2 Å². The number of benzene rings is 1. The summed E-state index contributed by atoms with van der Waals surface area (Å²) in [6.45, 7) is 2.06. The molecule has 0 unspecified atom stereocenters. The van der Waals surface area contributed by atoms with Gasteiger partial charge in [0.2, 0.25) is 0 Å². The van der Waals surface area contributed by atoms with Crippen molar-refractivity contribution in [3.8, 4) is 5.75 Å². The molecule has 2 N–H and O–H groups in total. The zero-order valence-corrected chi connectivity index (χ0v) is 13.4. The molecule has 116 valence electrons. The zero-order chi connectivity index (χ0) is 14.5. The summed E-state index contributed by atoms with van der Waals surface area (Å²) in [6.07, 6.45) is -1.13. The maximum Gasteiger partial charge on any atom is 0.573 e. The first-order valence-electron chi connectivity index (χ1n) is 6.14. The van der Waals surface area contributed by atoms with Gasteiger partial charge < -0.3 is 10.5 Å². The molecule has 0 saturated heterocycles. The number of rotatable bonds is 6. The van der Waals surface area contributed by atoms with Gasteiger partial charge in [-0.05, 0) is 24.6 Å². The molecule has 0 bridgehead atoms. The van der Waals surface area contributed by atoms with E-state index >= 15 is 0 Å². The number of alkyl halides is 3. The highest BCUT2D eigenvalue weighted by Crippen LogP contribution is 2.33. The van der Waals surface area contributed by atoms with Crippen molar-refractivity contribution in [2.24, 2.45) is 5.73 Å². The number of hydrogen-bond acceptors (Lipinski definition) is 2. The Balaban J connectivity index is 0.00000361. The van der Waals surface area contributed by atoms with E-state index < -0.39 is 12.4 Å². The van der Waals surface area contributed by atoms with E-state index in [2.05, 4.69) is 27.6 Å². The average molecular weight is 377 g/mol. The van der Waals surface area contributed by atoms with Crippen LogP contribution in [0.5, 0.6) is 5.75 Å². The molecule has 0 heterocycles. The van der Waals surface area contributed by atoms with E-state index in [1.807, 2.05) is 0 Å². The Labute approximate surface area is 131 Å². The molecule has 0 radical (unpaired) electrons. The van der Waals surface area contributed by atoms with Crippen molar-refractivity contribution in [1.82, 2.24) is 0 Å². The number of nitrogens with two attached hydrogens (primary N) is 1. The number of ether oxygens (including phenoxy) is 1.